The summed E-state index contributed by atoms with van der Waals surface area (Å²) >= 11 is 0. The van der Waals surface area contributed by atoms with E-state index in [1.54, 1.807) is 53.6 Å². The van der Waals surface area contributed by atoms with Crippen LogP contribution in [0.2, 0.25) is 0 Å². The third-order valence-electron chi connectivity index (χ3n) is 9.63. The second kappa shape index (κ2) is 17.4. The summed E-state index contributed by atoms with van der Waals surface area (Å²) in [4.78, 5) is 86.9. The Morgan fingerprint density at radius 3 is 2.13 bits per heavy atom. The first kappa shape index (κ1) is 38.0. The van der Waals surface area contributed by atoms with Crippen LogP contribution in [0.1, 0.15) is 49.2 Å². The van der Waals surface area contributed by atoms with Crippen LogP contribution in [0, 0.1) is 0 Å². The zero-order chi connectivity index (χ0) is 38.9. The average molecular weight is 751 g/mol. The molecule has 2 saturated heterocycles. The van der Waals surface area contributed by atoms with Gasteiger partial charge in [0.25, 0.3) is 11.8 Å². The summed E-state index contributed by atoms with van der Waals surface area (Å²) in [5, 5.41) is 10.0. The Morgan fingerprint density at radius 1 is 0.800 bits per heavy atom. The van der Waals surface area contributed by atoms with Crippen molar-refractivity contribution < 1.29 is 38.2 Å². The molecule has 286 valence electrons. The molecular formula is C39H42N8O8. The lowest BCUT2D eigenvalue weighted by Crippen LogP contribution is -2.51. The number of nitrogens with one attached hydrogen (secondary N) is 5. The van der Waals surface area contributed by atoms with Crippen LogP contribution in [-0.4, -0.2) is 95.6 Å². The molecule has 16 heteroatoms. The summed E-state index contributed by atoms with van der Waals surface area (Å²) in [6.07, 6.45) is 2.78. The van der Waals surface area contributed by atoms with Gasteiger partial charge in [0.1, 0.15) is 24.5 Å². The molecule has 16 nitrogen and oxygen atoms in total. The summed E-state index contributed by atoms with van der Waals surface area (Å²) in [7, 11) is 2.44. The van der Waals surface area contributed by atoms with Crippen molar-refractivity contribution in [3.8, 4) is 22.4 Å². The highest BCUT2D eigenvalue weighted by Crippen LogP contribution is 2.32. The first-order valence-electron chi connectivity index (χ1n) is 17.8. The van der Waals surface area contributed by atoms with Crippen LogP contribution in [-0.2, 0) is 23.9 Å². The molecule has 0 saturated carbocycles. The third kappa shape index (κ3) is 9.09. The van der Waals surface area contributed by atoms with Crippen LogP contribution in [0.5, 0.6) is 0 Å². The van der Waals surface area contributed by atoms with Gasteiger partial charge in [0.2, 0.25) is 5.91 Å². The van der Waals surface area contributed by atoms with Crippen LogP contribution >= 0.6 is 0 Å². The Kier molecular flexibility index (Phi) is 12.0. The number of benzene rings is 3. The number of amides is 7. The number of anilines is 1. The lowest BCUT2D eigenvalue weighted by Gasteiger charge is -2.28. The number of carbonyl (C=O) groups is 6. The van der Waals surface area contributed by atoms with Gasteiger partial charge in [-0.15, -0.1) is 0 Å². The van der Waals surface area contributed by atoms with Crippen molar-refractivity contribution in [2.24, 2.45) is 0 Å². The van der Waals surface area contributed by atoms with Gasteiger partial charge in [-0.25, -0.2) is 19.4 Å². The largest absolute Gasteiger partial charge is 0.453 e. The SMILES string of the molecule is COC(=O)NCC(=O)N1CCC[C@H]1c1ncc(-c2ccc(-c3ccc(NC(=O)NC(=O)[C@@H]4CCCN4C(=O)[C@H](NC(=O)OC)c4ccccc4)cc3)cc2)[nH]1. The number of methoxy groups -OCH3 is 2. The minimum absolute atomic E-state index is 0.152. The highest BCUT2D eigenvalue weighted by atomic mass is 16.5. The van der Waals surface area contributed by atoms with Gasteiger partial charge < -0.3 is 40.2 Å². The number of aromatic amines is 1. The van der Waals surface area contributed by atoms with Gasteiger partial charge in [-0.3, -0.25) is 19.7 Å². The maximum atomic E-state index is 13.6. The fraction of sp³-hybridized carbons (Fsp3) is 0.308. The molecule has 0 aliphatic carbocycles. The molecule has 3 atom stereocenters. The Morgan fingerprint density at radius 2 is 1.44 bits per heavy atom. The number of aromatic nitrogens is 2. The Bertz CT molecular complexity index is 2020. The summed E-state index contributed by atoms with van der Waals surface area (Å²) in [5.74, 6) is -0.643. The fourth-order valence-corrected chi connectivity index (χ4v) is 6.85. The highest BCUT2D eigenvalue weighted by molar-refractivity contribution is 6.04. The summed E-state index contributed by atoms with van der Waals surface area (Å²) in [6, 6.07) is 20.7. The molecular weight excluding hydrogens is 708 g/mol. The van der Waals surface area contributed by atoms with Crippen LogP contribution in [0.15, 0.2) is 85.1 Å². The molecule has 0 radical (unpaired) electrons. The van der Waals surface area contributed by atoms with Crippen LogP contribution < -0.4 is 21.3 Å². The Balaban J connectivity index is 1.03. The number of ether oxygens (including phenoxy) is 2. The van der Waals surface area contributed by atoms with Gasteiger partial charge in [-0.2, -0.15) is 0 Å². The van der Waals surface area contributed by atoms with Gasteiger partial charge in [0.15, 0.2) is 0 Å². The quantitative estimate of drug-likeness (QED) is 0.155. The number of imidazole rings is 1. The zero-order valence-electron chi connectivity index (χ0n) is 30.4. The minimum Gasteiger partial charge on any atom is -0.453 e. The molecule has 0 unspecified atom stereocenters. The van der Waals surface area contributed by atoms with E-state index in [9.17, 15) is 28.8 Å². The number of hydrogen-bond donors (Lipinski definition) is 5. The monoisotopic (exact) mass is 750 g/mol. The van der Waals surface area contributed by atoms with E-state index in [4.69, 9.17) is 4.74 Å². The summed E-state index contributed by atoms with van der Waals surface area (Å²) < 4.78 is 9.27. The zero-order valence-corrected chi connectivity index (χ0v) is 30.4. The standard InChI is InChI=1S/C39H42N8O8/c1-54-38(52)41-23-32(48)46-20-6-10-30(46)34-40-22-29(43-34)26-14-12-24(13-15-26)25-16-18-28(19-17-25)42-37(51)45-35(49)31-11-7-21-47(31)36(50)33(44-39(53)55-2)27-8-4-3-5-9-27/h3-5,8-9,12-19,22,30-31,33H,6-7,10-11,20-21,23H2,1-2H3,(H,40,43)(H,41,52)(H,44,53)(H2,42,45,49,51)/t30-,31-,33+/m0/s1. The van der Waals surface area contributed by atoms with Gasteiger partial charge in [0.05, 0.1) is 32.2 Å². The maximum absolute atomic E-state index is 13.6. The first-order chi connectivity index (χ1) is 26.6. The van der Waals surface area contributed by atoms with Crippen LogP contribution in [0.25, 0.3) is 22.4 Å². The molecule has 7 amide bonds. The van der Waals surface area contributed by atoms with E-state index in [0.717, 1.165) is 35.2 Å². The van der Waals surface area contributed by atoms with E-state index in [2.05, 4.69) is 36.0 Å². The van der Waals surface area contributed by atoms with Crippen molar-refractivity contribution in [2.45, 2.75) is 43.8 Å². The number of alkyl carbamates (subject to hydrolysis) is 2. The lowest BCUT2D eigenvalue weighted by atomic mass is 10.0. The number of imide groups is 1. The van der Waals surface area contributed by atoms with E-state index < -0.39 is 42.1 Å². The molecule has 3 aromatic carbocycles. The predicted molar refractivity (Wildman–Crippen MR) is 200 cm³/mol. The fourth-order valence-electron chi connectivity index (χ4n) is 6.85. The number of carbonyl (C=O) groups excluding carboxylic acids is 6. The number of urea groups is 1. The van der Waals surface area contributed by atoms with Gasteiger partial charge >= 0.3 is 18.2 Å². The molecule has 2 aliphatic rings. The van der Waals surface area contributed by atoms with E-state index in [0.29, 0.717) is 36.5 Å². The second-order valence-electron chi connectivity index (χ2n) is 13.0. The van der Waals surface area contributed by atoms with Crippen molar-refractivity contribution in [2.75, 3.05) is 39.2 Å². The van der Waals surface area contributed by atoms with E-state index in [1.807, 2.05) is 36.4 Å². The smallest absolute Gasteiger partial charge is 0.407 e. The predicted octanol–water partition coefficient (Wildman–Crippen LogP) is 4.50. The normalized spacial score (nSPS) is 16.8. The summed E-state index contributed by atoms with van der Waals surface area (Å²) in [5.41, 5.74) is 4.52. The second-order valence-corrected chi connectivity index (χ2v) is 13.0. The van der Waals surface area contributed by atoms with E-state index in [1.165, 1.54) is 19.1 Å². The topological polar surface area (TPSA) is 204 Å². The molecule has 0 bridgehead atoms. The molecule has 6 rings (SSSR count). The first-order valence-corrected chi connectivity index (χ1v) is 17.8. The van der Waals surface area contributed by atoms with E-state index >= 15 is 0 Å². The molecule has 2 aliphatic heterocycles. The number of hydrogen-bond acceptors (Lipinski definition) is 9. The number of rotatable bonds is 10. The molecule has 4 aromatic rings. The highest BCUT2D eigenvalue weighted by Gasteiger charge is 2.39. The number of H-pyrrole nitrogens is 1. The van der Waals surface area contributed by atoms with Crippen molar-refractivity contribution >= 4 is 41.6 Å². The van der Waals surface area contributed by atoms with Gasteiger partial charge in [-0.1, -0.05) is 66.7 Å². The third-order valence-corrected chi connectivity index (χ3v) is 9.63. The van der Waals surface area contributed by atoms with Crippen LogP contribution in [0.4, 0.5) is 20.1 Å². The summed E-state index contributed by atoms with van der Waals surface area (Å²) in [6.45, 7) is 0.710. The molecule has 3 heterocycles. The number of nitrogens with zero attached hydrogens (tertiary/aromatic N) is 3. The Labute approximate surface area is 317 Å². The molecule has 5 N–H and O–H groups in total. The van der Waals surface area contributed by atoms with Gasteiger partial charge in [0, 0.05) is 18.8 Å². The number of likely N-dealkylation sites (tertiary alicyclic amines) is 2. The minimum atomic E-state index is -1.07. The maximum Gasteiger partial charge on any atom is 0.407 e. The average Bonchev–Trinajstić information content (AvgIpc) is 4.01. The van der Waals surface area contributed by atoms with Crippen molar-refractivity contribution in [3.63, 3.8) is 0 Å². The molecule has 2 fully saturated rings. The molecule has 0 spiro atoms. The van der Waals surface area contributed by atoms with E-state index in [-0.39, 0.29) is 25.0 Å². The van der Waals surface area contributed by atoms with Crippen molar-refractivity contribution in [1.29, 1.82) is 0 Å². The molecule has 55 heavy (non-hydrogen) atoms. The van der Waals surface area contributed by atoms with Crippen molar-refractivity contribution in [3.05, 3.63) is 96.4 Å². The Hall–Kier alpha value is -6.71. The molecule has 1 aromatic heterocycles. The van der Waals surface area contributed by atoms with Gasteiger partial charge in [-0.05, 0) is 60.1 Å². The van der Waals surface area contributed by atoms with Crippen LogP contribution in [0.3, 0.4) is 0 Å². The van der Waals surface area contributed by atoms with Crippen molar-refractivity contribution in [1.82, 2.24) is 35.7 Å². The lowest BCUT2D eigenvalue weighted by molar-refractivity contribution is -0.139.